The van der Waals surface area contributed by atoms with Crippen LogP contribution in [-0.2, 0) is 0 Å². The quantitative estimate of drug-likeness (QED) is 0.568. The molecule has 0 aromatic heterocycles. The van der Waals surface area contributed by atoms with E-state index in [0.29, 0.717) is 5.41 Å². The lowest BCUT2D eigenvalue weighted by atomic mass is 9.61. The zero-order valence-electron chi connectivity index (χ0n) is 10.9. The summed E-state index contributed by atoms with van der Waals surface area (Å²) in [4.78, 5) is 0. The third-order valence-electron chi connectivity index (χ3n) is 4.13. The Hall–Kier alpha value is 0. The van der Waals surface area contributed by atoms with E-state index in [1.165, 1.54) is 19.3 Å². The van der Waals surface area contributed by atoms with Crippen molar-refractivity contribution in [2.75, 3.05) is 0 Å². The van der Waals surface area contributed by atoms with Gasteiger partial charge in [0.15, 0.2) is 0 Å². The molecule has 0 saturated heterocycles. The predicted octanol–water partition coefficient (Wildman–Crippen LogP) is 4.74. The maximum Gasteiger partial charge on any atom is -0.0332 e. The molecule has 0 heterocycles. The van der Waals surface area contributed by atoms with Crippen LogP contribution in [0.1, 0.15) is 60.8 Å². The molecule has 0 radical (unpaired) electrons. The summed E-state index contributed by atoms with van der Waals surface area (Å²) < 4.78 is 0. The van der Waals surface area contributed by atoms with Gasteiger partial charge in [0.05, 0.1) is 0 Å². The Labute approximate surface area is 90.5 Å². The standard InChI is InChI=1S/C14H28/c1-10(2)12-8-7-11(3)9-13(12)14(4,5)6/h10-13H,7-9H2,1-6H3/t11?,12-,13?/m1/s1. The first-order chi connectivity index (χ1) is 6.32. The molecule has 14 heavy (non-hydrogen) atoms. The molecular formula is C14H28. The molecule has 0 N–H and O–H groups in total. The fraction of sp³-hybridized carbons (Fsp3) is 1.00. The molecule has 2 unspecified atom stereocenters. The van der Waals surface area contributed by atoms with Crippen molar-refractivity contribution in [2.24, 2.45) is 29.1 Å². The zero-order chi connectivity index (χ0) is 10.9. The van der Waals surface area contributed by atoms with Crippen LogP contribution < -0.4 is 0 Å². The highest BCUT2D eigenvalue weighted by molar-refractivity contribution is 4.87. The molecule has 0 spiro atoms. The van der Waals surface area contributed by atoms with Crippen molar-refractivity contribution in [1.29, 1.82) is 0 Å². The maximum absolute atomic E-state index is 2.43. The summed E-state index contributed by atoms with van der Waals surface area (Å²) in [5, 5.41) is 0. The second kappa shape index (κ2) is 4.24. The van der Waals surface area contributed by atoms with Gasteiger partial charge in [-0.3, -0.25) is 0 Å². The van der Waals surface area contributed by atoms with E-state index in [1.54, 1.807) is 0 Å². The number of hydrogen-bond donors (Lipinski definition) is 0. The van der Waals surface area contributed by atoms with E-state index in [1.807, 2.05) is 0 Å². The topological polar surface area (TPSA) is 0 Å². The van der Waals surface area contributed by atoms with Gasteiger partial charge in [-0.25, -0.2) is 0 Å². The van der Waals surface area contributed by atoms with Crippen LogP contribution in [0.4, 0.5) is 0 Å². The van der Waals surface area contributed by atoms with Gasteiger partial charge in [0.25, 0.3) is 0 Å². The average Bonchev–Trinajstić information content (AvgIpc) is 2.01. The summed E-state index contributed by atoms with van der Waals surface area (Å²) in [6.45, 7) is 14.5. The van der Waals surface area contributed by atoms with Crippen LogP contribution in [0.15, 0.2) is 0 Å². The normalized spacial score (nSPS) is 34.9. The first-order valence-corrected chi connectivity index (χ1v) is 6.32. The van der Waals surface area contributed by atoms with Crippen LogP contribution in [0.3, 0.4) is 0 Å². The number of hydrogen-bond acceptors (Lipinski definition) is 0. The number of rotatable bonds is 1. The summed E-state index contributed by atoms with van der Waals surface area (Å²) >= 11 is 0. The molecule has 3 atom stereocenters. The highest BCUT2D eigenvalue weighted by Crippen LogP contribution is 2.46. The van der Waals surface area contributed by atoms with Gasteiger partial charge in [0.2, 0.25) is 0 Å². The lowest BCUT2D eigenvalue weighted by Gasteiger charge is -2.44. The highest BCUT2D eigenvalue weighted by Gasteiger charge is 2.37. The van der Waals surface area contributed by atoms with E-state index in [0.717, 1.165) is 23.7 Å². The molecule has 0 aliphatic heterocycles. The molecule has 1 rings (SSSR count). The Balaban J connectivity index is 2.74. The van der Waals surface area contributed by atoms with Crippen LogP contribution in [0.25, 0.3) is 0 Å². The lowest BCUT2D eigenvalue weighted by molar-refractivity contribution is 0.0538. The van der Waals surface area contributed by atoms with E-state index in [9.17, 15) is 0 Å². The van der Waals surface area contributed by atoms with Crippen LogP contribution in [-0.4, -0.2) is 0 Å². The van der Waals surface area contributed by atoms with Crippen molar-refractivity contribution in [1.82, 2.24) is 0 Å². The highest BCUT2D eigenvalue weighted by atomic mass is 14.4. The minimum Gasteiger partial charge on any atom is -0.0625 e. The second-order valence-electron chi connectivity index (χ2n) is 6.80. The van der Waals surface area contributed by atoms with Gasteiger partial charge in [-0.15, -0.1) is 0 Å². The molecule has 0 nitrogen and oxygen atoms in total. The van der Waals surface area contributed by atoms with Crippen LogP contribution in [0.2, 0.25) is 0 Å². The molecule has 0 heteroatoms. The van der Waals surface area contributed by atoms with Gasteiger partial charge < -0.3 is 0 Å². The molecule has 1 saturated carbocycles. The Morgan fingerprint density at radius 1 is 1.07 bits per heavy atom. The van der Waals surface area contributed by atoms with Crippen molar-refractivity contribution in [2.45, 2.75) is 60.8 Å². The Bertz CT molecular complexity index is 173. The van der Waals surface area contributed by atoms with Crippen molar-refractivity contribution < 1.29 is 0 Å². The van der Waals surface area contributed by atoms with Gasteiger partial charge >= 0.3 is 0 Å². The van der Waals surface area contributed by atoms with E-state index in [4.69, 9.17) is 0 Å². The molecule has 1 fully saturated rings. The predicted molar refractivity (Wildman–Crippen MR) is 64.3 cm³/mol. The van der Waals surface area contributed by atoms with E-state index in [-0.39, 0.29) is 0 Å². The maximum atomic E-state index is 2.43. The van der Waals surface area contributed by atoms with E-state index in [2.05, 4.69) is 41.5 Å². The monoisotopic (exact) mass is 196 g/mol. The van der Waals surface area contributed by atoms with Gasteiger partial charge in [0.1, 0.15) is 0 Å². The van der Waals surface area contributed by atoms with Crippen molar-refractivity contribution in [3.8, 4) is 0 Å². The average molecular weight is 196 g/mol. The van der Waals surface area contributed by atoms with Gasteiger partial charge in [0, 0.05) is 0 Å². The SMILES string of the molecule is CC1CC[C@H](C(C)C)C(C(C)(C)C)C1. The van der Waals surface area contributed by atoms with Crippen LogP contribution in [0, 0.1) is 29.1 Å². The molecule has 0 aromatic rings. The van der Waals surface area contributed by atoms with Crippen molar-refractivity contribution in [3.05, 3.63) is 0 Å². The minimum absolute atomic E-state index is 0.504. The smallest absolute Gasteiger partial charge is 0.0332 e. The largest absolute Gasteiger partial charge is 0.0625 e. The molecule has 1 aliphatic rings. The van der Waals surface area contributed by atoms with E-state index < -0.39 is 0 Å². The second-order valence-corrected chi connectivity index (χ2v) is 6.80. The summed E-state index contributed by atoms with van der Waals surface area (Å²) in [6, 6.07) is 0. The van der Waals surface area contributed by atoms with Gasteiger partial charge in [-0.05, 0) is 41.9 Å². The molecule has 1 aliphatic carbocycles. The summed E-state index contributed by atoms with van der Waals surface area (Å²) in [5.41, 5.74) is 0.504. The Morgan fingerprint density at radius 3 is 2.07 bits per heavy atom. The lowest BCUT2D eigenvalue weighted by Crippen LogP contribution is -2.36. The fourth-order valence-electron chi connectivity index (χ4n) is 3.20. The molecule has 0 amide bonds. The third kappa shape index (κ3) is 2.74. The summed E-state index contributed by atoms with van der Waals surface area (Å²) in [6.07, 6.45) is 4.36. The first kappa shape index (κ1) is 12.1. The third-order valence-corrected chi connectivity index (χ3v) is 4.13. The van der Waals surface area contributed by atoms with Crippen LogP contribution in [0.5, 0.6) is 0 Å². The van der Waals surface area contributed by atoms with E-state index >= 15 is 0 Å². The fourth-order valence-corrected chi connectivity index (χ4v) is 3.20. The first-order valence-electron chi connectivity index (χ1n) is 6.32. The Morgan fingerprint density at radius 2 is 1.64 bits per heavy atom. The minimum atomic E-state index is 0.504. The molecular weight excluding hydrogens is 168 g/mol. The molecule has 0 aromatic carbocycles. The van der Waals surface area contributed by atoms with Gasteiger partial charge in [-0.2, -0.15) is 0 Å². The summed E-state index contributed by atoms with van der Waals surface area (Å²) in [7, 11) is 0. The zero-order valence-corrected chi connectivity index (χ0v) is 10.9. The van der Waals surface area contributed by atoms with Crippen molar-refractivity contribution in [3.63, 3.8) is 0 Å². The summed E-state index contributed by atoms with van der Waals surface area (Å²) in [5.74, 6) is 3.72. The van der Waals surface area contributed by atoms with Crippen molar-refractivity contribution >= 4 is 0 Å². The van der Waals surface area contributed by atoms with Crippen LogP contribution >= 0.6 is 0 Å². The Kier molecular flexibility index (Phi) is 3.66. The van der Waals surface area contributed by atoms with Gasteiger partial charge in [-0.1, -0.05) is 48.0 Å². The molecule has 84 valence electrons. The molecule has 0 bridgehead atoms.